The molecule has 0 bridgehead atoms. The molecule has 79 heavy (non-hydrogen) atoms. The fourth-order valence-corrected chi connectivity index (χ4v) is 9.28. The Morgan fingerprint density at radius 3 is 0.785 bits per heavy atom. The first kappa shape index (κ1) is 75.1. The third-order valence-corrected chi connectivity index (χ3v) is 14.3. The lowest BCUT2D eigenvalue weighted by Crippen LogP contribution is -2.30. The Morgan fingerprint density at radius 1 is 0.266 bits per heavy atom. The number of allylic oxidation sites excluding steroid dienone is 18. The summed E-state index contributed by atoms with van der Waals surface area (Å²) in [5.74, 6) is -0.883. The highest BCUT2D eigenvalue weighted by atomic mass is 16.6. The van der Waals surface area contributed by atoms with E-state index in [1.807, 2.05) is 0 Å². The molecular formula is C73H124O6. The lowest BCUT2D eigenvalue weighted by atomic mass is 10.0. The van der Waals surface area contributed by atoms with Crippen molar-refractivity contribution in [1.82, 2.24) is 0 Å². The van der Waals surface area contributed by atoms with E-state index in [1.165, 1.54) is 154 Å². The molecule has 0 spiro atoms. The van der Waals surface area contributed by atoms with Crippen molar-refractivity contribution in [1.29, 1.82) is 0 Å². The summed E-state index contributed by atoms with van der Waals surface area (Å²) in [7, 11) is 0. The molecule has 0 radical (unpaired) electrons. The standard InChI is InChI=1S/C73H124O6/c1-4-7-10-13-16-19-22-25-27-28-29-30-31-32-33-34-35-36-37-38-39-40-41-42-43-44-45-46-47-49-51-54-57-60-63-66-72(75)78-69-70(68-77-71(74)65-62-59-56-53-50-24-21-18-15-12-9-6-3)79-73(76)67-64-61-58-55-52-48-26-23-20-17-14-11-8-5-2/h7,10,16,19,23,25-27,29-30,32-33,35-36,38-39,41-42,70H,4-6,8-9,11-15,17-18,20-22,24,28,31,34,37,40,43-69H2,1-3H3/b10-7-,19-16-,26-23-,27-25-,30-29-,33-32-,36-35-,39-38-,42-41-. The number of hydrogen-bond donors (Lipinski definition) is 0. The summed E-state index contributed by atoms with van der Waals surface area (Å²) in [5, 5.41) is 0. The van der Waals surface area contributed by atoms with Gasteiger partial charge in [-0.25, -0.2) is 0 Å². The molecule has 0 saturated heterocycles. The lowest BCUT2D eigenvalue weighted by molar-refractivity contribution is -0.167. The van der Waals surface area contributed by atoms with Crippen molar-refractivity contribution < 1.29 is 28.6 Å². The van der Waals surface area contributed by atoms with Gasteiger partial charge in [0, 0.05) is 19.3 Å². The molecule has 0 aliphatic heterocycles. The van der Waals surface area contributed by atoms with Crippen molar-refractivity contribution in [2.45, 2.75) is 322 Å². The van der Waals surface area contributed by atoms with Gasteiger partial charge < -0.3 is 14.2 Å². The summed E-state index contributed by atoms with van der Waals surface area (Å²) >= 11 is 0. The van der Waals surface area contributed by atoms with Crippen LogP contribution in [0.15, 0.2) is 109 Å². The summed E-state index contributed by atoms with van der Waals surface area (Å²) in [4.78, 5) is 38.2. The minimum Gasteiger partial charge on any atom is -0.462 e. The van der Waals surface area contributed by atoms with E-state index < -0.39 is 6.10 Å². The Balaban J connectivity index is 4.18. The number of carbonyl (C=O) groups excluding carboxylic acids is 3. The van der Waals surface area contributed by atoms with Crippen LogP contribution < -0.4 is 0 Å². The second kappa shape index (κ2) is 66.6. The normalized spacial score (nSPS) is 12.8. The van der Waals surface area contributed by atoms with Gasteiger partial charge in [-0.3, -0.25) is 14.4 Å². The average molecular weight is 1100 g/mol. The van der Waals surface area contributed by atoms with Crippen LogP contribution in [0, 0.1) is 0 Å². The molecule has 0 saturated carbocycles. The molecule has 0 aromatic heterocycles. The maximum absolute atomic E-state index is 12.9. The molecule has 1 unspecified atom stereocenters. The molecule has 0 aromatic rings. The molecule has 6 heteroatoms. The van der Waals surface area contributed by atoms with E-state index >= 15 is 0 Å². The van der Waals surface area contributed by atoms with Crippen molar-refractivity contribution in [3.05, 3.63) is 109 Å². The highest BCUT2D eigenvalue weighted by Crippen LogP contribution is 2.16. The fourth-order valence-electron chi connectivity index (χ4n) is 9.28. The van der Waals surface area contributed by atoms with Gasteiger partial charge in [0.15, 0.2) is 6.10 Å². The van der Waals surface area contributed by atoms with Crippen molar-refractivity contribution in [3.8, 4) is 0 Å². The van der Waals surface area contributed by atoms with Gasteiger partial charge >= 0.3 is 17.9 Å². The SMILES string of the molecule is CC/C=C\C/C=C\C/C=C\C/C=C\C/C=C\C/C=C\C/C=C\C/C=C\CCCCCCCCCCCCC(=O)OCC(COC(=O)CCCCCCCCCCCCCC)OC(=O)CCCCCCC/C=C\CCCCCCC. The molecule has 0 rings (SSSR count). The Labute approximate surface area is 489 Å². The first-order valence-electron chi connectivity index (χ1n) is 33.4. The topological polar surface area (TPSA) is 78.9 Å². The van der Waals surface area contributed by atoms with E-state index in [2.05, 4.69) is 130 Å². The average Bonchev–Trinajstić information content (AvgIpc) is 3.45. The van der Waals surface area contributed by atoms with Crippen molar-refractivity contribution in [3.63, 3.8) is 0 Å². The minimum absolute atomic E-state index is 0.0788. The second-order valence-corrected chi connectivity index (χ2v) is 22.0. The molecule has 0 aromatic carbocycles. The Bertz CT molecular complexity index is 1590. The first-order chi connectivity index (χ1) is 39.0. The summed E-state index contributed by atoms with van der Waals surface area (Å²) in [6.45, 7) is 6.52. The van der Waals surface area contributed by atoms with Crippen molar-refractivity contribution in [2.24, 2.45) is 0 Å². The maximum Gasteiger partial charge on any atom is 0.306 e. The second-order valence-electron chi connectivity index (χ2n) is 22.0. The van der Waals surface area contributed by atoms with Gasteiger partial charge in [0.2, 0.25) is 0 Å². The molecule has 0 amide bonds. The lowest BCUT2D eigenvalue weighted by Gasteiger charge is -2.18. The molecule has 452 valence electrons. The highest BCUT2D eigenvalue weighted by Gasteiger charge is 2.19. The molecule has 0 aliphatic carbocycles. The van der Waals surface area contributed by atoms with E-state index in [0.717, 1.165) is 122 Å². The molecule has 0 heterocycles. The quantitative estimate of drug-likeness (QED) is 0.0261. The Morgan fingerprint density at radius 2 is 0.494 bits per heavy atom. The van der Waals surface area contributed by atoms with Gasteiger partial charge in [-0.2, -0.15) is 0 Å². The predicted molar refractivity (Wildman–Crippen MR) is 343 cm³/mol. The van der Waals surface area contributed by atoms with Gasteiger partial charge in [-0.15, -0.1) is 0 Å². The monoisotopic (exact) mass is 1100 g/mol. The van der Waals surface area contributed by atoms with E-state index in [1.54, 1.807) is 0 Å². The number of esters is 3. The molecule has 6 nitrogen and oxygen atoms in total. The number of hydrogen-bond acceptors (Lipinski definition) is 6. The number of carbonyl (C=O) groups is 3. The third kappa shape index (κ3) is 64.8. The molecule has 1 atom stereocenters. The number of unbranched alkanes of at least 4 members (excludes halogenated alkanes) is 31. The van der Waals surface area contributed by atoms with Crippen LogP contribution >= 0.6 is 0 Å². The van der Waals surface area contributed by atoms with E-state index in [4.69, 9.17) is 14.2 Å². The minimum atomic E-state index is -0.782. The number of rotatable bonds is 60. The maximum atomic E-state index is 12.9. The van der Waals surface area contributed by atoms with Crippen LogP contribution in [0.4, 0.5) is 0 Å². The zero-order valence-electron chi connectivity index (χ0n) is 51.9. The fraction of sp³-hybridized carbons (Fsp3) is 0.712. The molecule has 0 N–H and O–H groups in total. The highest BCUT2D eigenvalue weighted by molar-refractivity contribution is 5.71. The largest absolute Gasteiger partial charge is 0.462 e. The van der Waals surface area contributed by atoms with E-state index in [0.29, 0.717) is 19.3 Å². The predicted octanol–water partition coefficient (Wildman–Crippen LogP) is 23.0. The van der Waals surface area contributed by atoms with Gasteiger partial charge in [0.25, 0.3) is 0 Å². The van der Waals surface area contributed by atoms with Crippen LogP contribution in [0.1, 0.15) is 316 Å². The van der Waals surface area contributed by atoms with Crippen molar-refractivity contribution in [2.75, 3.05) is 13.2 Å². The van der Waals surface area contributed by atoms with Crippen molar-refractivity contribution >= 4 is 17.9 Å². The third-order valence-electron chi connectivity index (χ3n) is 14.3. The zero-order chi connectivity index (χ0) is 57.1. The molecule has 0 fully saturated rings. The van der Waals surface area contributed by atoms with Crippen LogP contribution in [0.3, 0.4) is 0 Å². The Kier molecular flexibility index (Phi) is 63.3. The molecule has 0 aliphatic rings. The molecular weight excluding hydrogens is 973 g/mol. The Hall–Kier alpha value is -3.93. The first-order valence-corrected chi connectivity index (χ1v) is 33.4. The summed E-state index contributed by atoms with van der Waals surface area (Å²) in [5.41, 5.74) is 0. The van der Waals surface area contributed by atoms with Gasteiger partial charge in [-0.05, 0) is 109 Å². The van der Waals surface area contributed by atoms with Crippen LogP contribution in [0.2, 0.25) is 0 Å². The smallest absolute Gasteiger partial charge is 0.306 e. The van der Waals surface area contributed by atoms with Crippen LogP contribution in [0.5, 0.6) is 0 Å². The van der Waals surface area contributed by atoms with Crippen LogP contribution in [0.25, 0.3) is 0 Å². The number of ether oxygens (including phenoxy) is 3. The van der Waals surface area contributed by atoms with Crippen LogP contribution in [-0.2, 0) is 28.6 Å². The summed E-state index contributed by atoms with van der Waals surface area (Å²) in [6, 6.07) is 0. The van der Waals surface area contributed by atoms with Gasteiger partial charge in [-0.1, -0.05) is 297 Å². The zero-order valence-corrected chi connectivity index (χ0v) is 51.9. The van der Waals surface area contributed by atoms with Gasteiger partial charge in [0.05, 0.1) is 0 Å². The van der Waals surface area contributed by atoms with Gasteiger partial charge in [0.1, 0.15) is 13.2 Å². The summed E-state index contributed by atoms with van der Waals surface area (Å²) in [6.07, 6.45) is 91.1. The van der Waals surface area contributed by atoms with E-state index in [9.17, 15) is 14.4 Å². The van der Waals surface area contributed by atoms with Crippen LogP contribution in [-0.4, -0.2) is 37.2 Å². The van der Waals surface area contributed by atoms with E-state index in [-0.39, 0.29) is 31.1 Å². The summed E-state index contributed by atoms with van der Waals surface area (Å²) < 4.78 is 16.9.